The van der Waals surface area contributed by atoms with Crippen LogP contribution in [-0.2, 0) is 10.0 Å². The second-order valence-corrected chi connectivity index (χ2v) is 4.68. The molecule has 0 aliphatic rings. The summed E-state index contributed by atoms with van der Waals surface area (Å²) in [7, 11) is -3.28. The van der Waals surface area contributed by atoms with Crippen molar-refractivity contribution in [1.29, 1.82) is 0 Å². The third-order valence-corrected chi connectivity index (χ3v) is 2.90. The molecule has 0 aliphatic heterocycles. The van der Waals surface area contributed by atoms with Gasteiger partial charge in [0.25, 0.3) is 0 Å². The normalized spacial score (nSPS) is 11.6. The van der Waals surface area contributed by atoms with E-state index in [0.29, 0.717) is 11.5 Å². The van der Waals surface area contributed by atoms with Gasteiger partial charge >= 0.3 is 6.01 Å². The monoisotopic (exact) mass is 204 g/mol. The number of anilines is 1. The van der Waals surface area contributed by atoms with Crippen molar-refractivity contribution in [3.05, 3.63) is 11.5 Å². The summed E-state index contributed by atoms with van der Waals surface area (Å²) >= 11 is 0. The number of rotatable bonds is 3. The Balaban J connectivity index is 2.87. The van der Waals surface area contributed by atoms with Crippen LogP contribution in [0.1, 0.15) is 18.4 Å². The number of aryl methyl sites for hydroxylation is 2. The topological polar surface area (TPSA) is 72.2 Å². The van der Waals surface area contributed by atoms with Crippen LogP contribution in [0, 0.1) is 13.8 Å². The molecule has 6 heteroatoms. The van der Waals surface area contributed by atoms with Crippen molar-refractivity contribution in [3.8, 4) is 0 Å². The zero-order chi connectivity index (χ0) is 10.1. The molecule has 0 atom stereocenters. The van der Waals surface area contributed by atoms with Crippen molar-refractivity contribution in [2.24, 2.45) is 0 Å². The lowest BCUT2D eigenvalue weighted by Gasteiger charge is -1.98. The van der Waals surface area contributed by atoms with Crippen molar-refractivity contribution >= 4 is 16.0 Å². The summed E-state index contributed by atoms with van der Waals surface area (Å²) in [5.41, 5.74) is 0.689. The van der Waals surface area contributed by atoms with E-state index in [1.54, 1.807) is 20.8 Å². The predicted molar refractivity (Wildman–Crippen MR) is 49.1 cm³/mol. The van der Waals surface area contributed by atoms with Crippen molar-refractivity contribution in [1.82, 2.24) is 4.98 Å². The van der Waals surface area contributed by atoms with Crippen LogP contribution in [0.25, 0.3) is 0 Å². The molecule has 0 aromatic carbocycles. The first-order valence-electron chi connectivity index (χ1n) is 3.89. The van der Waals surface area contributed by atoms with Crippen LogP contribution >= 0.6 is 0 Å². The smallest absolute Gasteiger partial charge is 0.308 e. The molecule has 1 aromatic heterocycles. The van der Waals surface area contributed by atoms with Crippen LogP contribution in [0.2, 0.25) is 0 Å². The van der Waals surface area contributed by atoms with Crippen LogP contribution in [0.15, 0.2) is 4.42 Å². The summed E-state index contributed by atoms with van der Waals surface area (Å²) in [6.45, 7) is 5.03. The van der Waals surface area contributed by atoms with Gasteiger partial charge in [0.2, 0.25) is 10.0 Å². The van der Waals surface area contributed by atoms with Crippen LogP contribution < -0.4 is 4.72 Å². The summed E-state index contributed by atoms with van der Waals surface area (Å²) in [6.07, 6.45) is 0. The Morgan fingerprint density at radius 3 is 2.46 bits per heavy atom. The highest BCUT2D eigenvalue weighted by molar-refractivity contribution is 7.92. The minimum Gasteiger partial charge on any atom is -0.428 e. The zero-order valence-corrected chi connectivity index (χ0v) is 8.60. The largest absolute Gasteiger partial charge is 0.428 e. The van der Waals surface area contributed by atoms with Crippen molar-refractivity contribution < 1.29 is 12.8 Å². The first-order chi connectivity index (χ1) is 5.94. The molecular formula is C7H12N2O3S. The van der Waals surface area contributed by atoms with E-state index in [1.165, 1.54) is 0 Å². The van der Waals surface area contributed by atoms with Gasteiger partial charge in [0.15, 0.2) is 0 Å². The van der Waals surface area contributed by atoms with Crippen LogP contribution in [0.5, 0.6) is 0 Å². The van der Waals surface area contributed by atoms with E-state index in [4.69, 9.17) is 4.42 Å². The summed E-state index contributed by atoms with van der Waals surface area (Å²) < 4.78 is 29.4. The summed E-state index contributed by atoms with van der Waals surface area (Å²) in [4.78, 5) is 3.89. The van der Waals surface area contributed by atoms with E-state index >= 15 is 0 Å². The number of hydrogen-bond donors (Lipinski definition) is 1. The molecule has 0 saturated heterocycles. The maximum atomic E-state index is 11.1. The van der Waals surface area contributed by atoms with E-state index in [1.807, 2.05) is 0 Å². The van der Waals surface area contributed by atoms with Gasteiger partial charge in [-0.05, 0) is 20.8 Å². The highest BCUT2D eigenvalue weighted by Crippen LogP contribution is 2.13. The molecule has 0 spiro atoms. The van der Waals surface area contributed by atoms with E-state index in [9.17, 15) is 8.42 Å². The van der Waals surface area contributed by atoms with E-state index in [0.717, 1.165) is 0 Å². The maximum absolute atomic E-state index is 11.1. The SMILES string of the molecule is CCS(=O)(=O)Nc1nc(C)c(C)o1. The van der Waals surface area contributed by atoms with E-state index < -0.39 is 10.0 Å². The standard InChI is InChI=1S/C7H12N2O3S/c1-4-13(10,11)9-7-8-5(2)6(3)12-7/h4H2,1-3H3,(H,8,9). The van der Waals surface area contributed by atoms with Crippen molar-refractivity contribution in [3.63, 3.8) is 0 Å². The molecule has 5 nitrogen and oxygen atoms in total. The fraction of sp³-hybridized carbons (Fsp3) is 0.571. The lowest BCUT2D eigenvalue weighted by atomic mass is 10.4. The molecule has 0 amide bonds. The average Bonchev–Trinajstić information content (AvgIpc) is 2.30. The van der Waals surface area contributed by atoms with Crippen LogP contribution in [0.3, 0.4) is 0 Å². The predicted octanol–water partition coefficient (Wildman–Crippen LogP) is 1.05. The minimum absolute atomic E-state index is 0.00742. The number of nitrogens with zero attached hydrogens (tertiary/aromatic N) is 1. The first kappa shape index (κ1) is 10.0. The maximum Gasteiger partial charge on any atom is 0.308 e. The van der Waals surface area contributed by atoms with Crippen molar-refractivity contribution in [2.75, 3.05) is 10.5 Å². The number of nitrogens with one attached hydrogen (secondary N) is 1. The van der Waals surface area contributed by atoms with Gasteiger partial charge in [-0.25, -0.2) is 13.1 Å². The molecule has 1 rings (SSSR count). The molecule has 1 N–H and O–H groups in total. The van der Waals surface area contributed by atoms with Gasteiger partial charge in [0.1, 0.15) is 5.76 Å². The lowest BCUT2D eigenvalue weighted by molar-refractivity contribution is 0.542. The number of hydrogen-bond acceptors (Lipinski definition) is 4. The Bertz CT molecular complexity index is 374. The summed E-state index contributed by atoms with van der Waals surface area (Å²) in [5, 5.41) is 0. The highest BCUT2D eigenvalue weighted by atomic mass is 32.2. The Labute approximate surface area is 77.2 Å². The molecule has 13 heavy (non-hydrogen) atoms. The van der Waals surface area contributed by atoms with Crippen molar-refractivity contribution in [2.45, 2.75) is 20.8 Å². The molecule has 1 aromatic rings. The Morgan fingerprint density at radius 1 is 1.46 bits per heavy atom. The third kappa shape index (κ3) is 2.45. The average molecular weight is 204 g/mol. The zero-order valence-electron chi connectivity index (χ0n) is 7.79. The highest BCUT2D eigenvalue weighted by Gasteiger charge is 2.12. The molecule has 0 unspecified atom stereocenters. The van der Waals surface area contributed by atoms with Gasteiger partial charge in [-0.15, -0.1) is 0 Å². The Hall–Kier alpha value is -1.04. The fourth-order valence-electron chi connectivity index (χ4n) is 0.722. The molecule has 74 valence electrons. The Kier molecular flexibility index (Phi) is 2.60. The van der Waals surface area contributed by atoms with Crippen LogP contribution in [-0.4, -0.2) is 19.2 Å². The summed E-state index contributed by atoms with van der Waals surface area (Å²) in [6, 6.07) is 0.0388. The van der Waals surface area contributed by atoms with Gasteiger partial charge in [-0.2, -0.15) is 4.98 Å². The number of aromatic nitrogens is 1. The molecule has 0 fully saturated rings. The molecular weight excluding hydrogens is 192 g/mol. The van der Waals surface area contributed by atoms with Gasteiger partial charge in [-0.1, -0.05) is 0 Å². The summed E-state index contributed by atoms with van der Waals surface area (Å²) in [5.74, 6) is 0.627. The van der Waals surface area contributed by atoms with Gasteiger partial charge in [0.05, 0.1) is 11.4 Å². The fourth-order valence-corrected chi connectivity index (χ4v) is 1.22. The molecule has 0 aliphatic carbocycles. The third-order valence-electron chi connectivity index (χ3n) is 1.65. The van der Waals surface area contributed by atoms with E-state index in [2.05, 4.69) is 9.71 Å². The lowest BCUT2D eigenvalue weighted by Crippen LogP contribution is -2.14. The van der Waals surface area contributed by atoms with Gasteiger partial charge in [-0.3, -0.25) is 0 Å². The van der Waals surface area contributed by atoms with Gasteiger partial charge < -0.3 is 4.42 Å². The second-order valence-electron chi connectivity index (χ2n) is 2.67. The number of sulfonamides is 1. The van der Waals surface area contributed by atoms with E-state index in [-0.39, 0.29) is 11.8 Å². The Morgan fingerprint density at radius 2 is 2.08 bits per heavy atom. The molecule has 0 radical (unpaired) electrons. The molecule has 0 bridgehead atoms. The van der Waals surface area contributed by atoms with Gasteiger partial charge in [0, 0.05) is 0 Å². The minimum atomic E-state index is -3.28. The van der Waals surface area contributed by atoms with Crippen LogP contribution in [0.4, 0.5) is 6.01 Å². The molecule has 1 heterocycles. The number of oxazole rings is 1. The quantitative estimate of drug-likeness (QED) is 0.798. The second kappa shape index (κ2) is 3.37. The molecule has 0 saturated carbocycles. The first-order valence-corrected chi connectivity index (χ1v) is 5.54.